The van der Waals surface area contributed by atoms with Gasteiger partial charge in [0.1, 0.15) is 5.75 Å². The van der Waals surface area contributed by atoms with E-state index in [9.17, 15) is 4.79 Å². The van der Waals surface area contributed by atoms with Crippen LogP contribution in [0.2, 0.25) is 0 Å². The Balaban J connectivity index is 2.44. The molecule has 1 aromatic heterocycles. The number of halogens is 1. The monoisotopic (exact) mass is 350 g/mol. The van der Waals surface area contributed by atoms with E-state index in [0.29, 0.717) is 5.75 Å². The van der Waals surface area contributed by atoms with Crippen molar-refractivity contribution in [1.82, 2.24) is 9.55 Å². The first kappa shape index (κ1) is 15.8. The first-order chi connectivity index (χ1) is 9.90. The summed E-state index contributed by atoms with van der Waals surface area (Å²) in [4.78, 5) is 16.4. The molecule has 5 heteroatoms. The van der Waals surface area contributed by atoms with Crippen LogP contribution in [-0.4, -0.2) is 9.55 Å². The lowest BCUT2D eigenvalue weighted by Gasteiger charge is -2.15. The highest BCUT2D eigenvalue weighted by molar-refractivity contribution is 9.10. The van der Waals surface area contributed by atoms with Gasteiger partial charge in [0.15, 0.2) is 0 Å². The van der Waals surface area contributed by atoms with Crippen LogP contribution in [0.25, 0.3) is 0 Å². The maximum Gasteiger partial charge on any atom is 0.313 e. The van der Waals surface area contributed by atoms with Crippen molar-refractivity contribution in [3.05, 3.63) is 51.0 Å². The molecule has 0 saturated heterocycles. The molecule has 2 rings (SSSR count). The minimum Gasteiger partial charge on any atom is -0.434 e. The van der Waals surface area contributed by atoms with Gasteiger partial charge in [0.25, 0.3) is 5.88 Å². The zero-order valence-corrected chi connectivity index (χ0v) is 14.2. The number of benzene rings is 1. The lowest BCUT2D eigenvalue weighted by atomic mass is 10.0. The average molecular weight is 351 g/mol. The predicted octanol–water partition coefficient (Wildman–Crippen LogP) is 4.50. The van der Waals surface area contributed by atoms with E-state index in [4.69, 9.17) is 4.74 Å². The van der Waals surface area contributed by atoms with Gasteiger partial charge in [-0.25, -0.2) is 4.98 Å². The Hall–Kier alpha value is -1.62. The molecule has 2 aromatic rings. The van der Waals surface area contributed by atoms with Crippen LogP contribution in [0, 0.1) is 0 Å². The molecule has 0 radical (unpaired) electrons. The van der Waals surface area contributed by atoms with Gasteiger partial charge in [-0.1, -0.05) is 29.8 Å². The molecule has 0 spiro atoms. The van der Waals surface area contributed by atoms with Gasteiger partial charge in [-0.2, -0.15) is 0 Å². The van der Waals surface area contributed by atoms with Crippen LogP contribution in [0.1, 0.15) is 45.2 Å². The van der Waals surface area contributed by atoms with Crippen molar-refractivity contribution in [2.75, 3.05) is 0 Å². The van der Waals surface area contributed by atoms with E-state index in [1.165, 1.54) is 0 Å². The maximum absolute atomic E-state index is 12.3. The quantitative estimate of drug-likeness (QED) is 0.815. The van der Waals surface area contributed by atoms with Crippen molar-refractivity contribution < 1.29 is 4.74 Å². The maximum atomic E-state index is 12.3. The van der Waals surface area contributed by atoms with Gasteiger partial charge in [0.2, 0.25) is 0 Å². The molecule has 0 saturated carbocycles. The Morgan fingerprint density at radius 1 is 1.24 bits per heavy atom. The van der Waals surface area contributed by atoms with E-state index in [1.807, 2.05) is 32.0 Å². The molecule has 0 N–H and O–H groups in total. The van der Waals surface area contributed by atoms with Crippen LogP contribution in [0.4, 0.5) is 0 Å². The van der Waals surface area contributed by atoms with E-state index in [2.05, 4.69) is 34.8 Å². The summed E-state index contributed by atoms with van der Waals surface area (Å²) in [6.45, 7) is 8.06. The summed E-state index contributed by atoms with van der Waals surface area (Å²) in [6.07, 6.45) is 3.26. The number of hydrogen-bond donors (Lipinski definition) is 0. The second-order valence-corrected chi connectivity index (χ2v) is 6.39. The van der Waals surface area contributed by atoms with Crippen molar-refractivity contribution in [1.29, 1.82) is 0 Å². The fourth-order valence-electron chi connectivity index (χ4n) is 2.05. The second-order valence-electron chi connectivity index (χ2n) is 5.48. The van der Waals surface area contributed by atoms with Gasteiger partial charge in [-0.15, -0.1) is 0 Å². The normalized spacial score (nSPS) is 11.2. The Kier molecular flexibility index (Phi) is 4.83. The number of nitrogens with zero attached hydrogens (tertiary/aromatic N) is 2. The summed E-state index contributed by atoms with van der Waals surface area (Å²) in [5.41, 5.74) is 0.815. The Labute approximate surface area is 132 Å². The highest BCUT2D eigenvalue weighted by atomic mass is 79.9. The van der Waals surface area contributed by atoms with Crippen LogP contribution < -0.4 is 10.3 Å². The molecule has 0 fully saturated rings. The predicted molar refractivity (Wildman–Crippen MR) is 87.2 cm³/mol. The van der Waals surface area contributed by atoms with Crippen LogP contribution in [-0.2, 0) is 0 Å². The third-order valence-corrected chi connectivity index (χ3v) is 3.69. The van der Waals surface area contributed by atoms with E-state index in [-0.39, 0.29) is 23.4 Å². The molecule has 0 aliphatic carbocycles. The summed E-state index contributed by atoms with van der Waals surface area (Å²) in [7, 11) is 0. The zero-order valence-electron chi connectivity index (χ0n) is 12.6. The molecule has 1 aromatic carbocycles. The van der Waals surface area contributed by atoms with Gasteiger partial charge >= 0.3 is 5.56 Å². The van der Waals surface area contributed by atoms with Crippen LogP contribution in [0.15, 0.2) is 39.9 Å². The van der Waals surface area contributed by atoms with Crippen molar-refractivity contribution in [2.24, 2.45) is 0 Å². The Bertz CT molecular complexity index is 693. The third kappa shape index (κ3) is 3.53. The van der Waals surface area contributed by atoms with Crippen LogP contribution >= 0.6 is 15.9 Å². The highest BCUT2D eigenvalue weighted by Gasteiger charge is 2.14. The minimum absolute atomic E-state index is 0.0670. The van der Waals surface area contributed by atoms with Gasteiger partial charge in [0.05, 0.1) is 0 Å². The Morgan fingerprint density at radius 3 is 2.57 bits per heavy atom. The van der Waals surface area contributed by atoms with Gasteiger partial charge in [0, 0.05) is 22.9 Å². The van der Waals surface area contributed by atoms with Crippen LogP contribution in [0.3, 0.4) is 0 Å². The SMILES string of the molecule is CC(C)c1cc(Br)ccc1Oc1nccn(C(C)C)c1=O. The molecular weight excluding hydrogens is 332 g/mol. The van der Waals surface area contributed by atoms with Gasteiger partial charge in [-0.05, 0) is 43.5 Å². The summed E-state index contributed by atoms with van der Waals surface area (Å²) in [6, 6.07) is 5.82. The topological polar surface area (TPSA) is 44.1 Å². The number of aromatic nitrogens is 2. The molecule has 0 atom stereocenters. The van der Waals surface area contributed by atoms with E-state index < -0.39 is 0 Å². The van der Waals surface area contributed by atoms with Crippen molar-refractivity contribution >= 4 is 15.9 Å². The minimum atomic E-state index is -0.217. The van der Waals surface area contributed by atoms with Crippen molar-refractivity contribution in [2.45, 2.75) is 39.7 Å². The molecule has 112 valence electrons. The standard InChI is InChI=1S/C16H19BrN2O2/c1-10(2)13-9-12(17)5-6-14(13)21-15-16(20)19(11(3)4)8-7-18-15/h5-11H,1-4H3. The molecule has 0 amide bonds. The molecular formula is C16H19BrN2O2. The molecule has 0 aliphatic rings. The van der Waals surface area contributed by atoms with Gasteiger partial charge in [-0.3, -0.25) is 4.79 Å². The average Bonchev–Trinajstić information content (AvgIpc) is 2.42. The summed E-state index contributed by atoms with van der Waals surface area (Å²) >= 11 is 3.46. The van der Waals surface area contributed by atoms with Crippen molar-refractivity contribution in [3.63, 3.8) is 0 Å². The highest BCUT2D eigenvalue weighted by Crippen LogP contribution is 2.31. The first-order valence-electron chi connectivity index (χ1n) is 6.94. The summed E-state index contributed by atoms with van der Waals surface area (Å²) in [5.74, 6) is 1.06. The lowest BCUT2D eigenvalue weighted by Crippen LogP contribution is -2.23. The smallest absolute Gasteiger partial charge is 0.313 e. The molecule has 0 unspecified atom stereocenters. The van der Waals surface area contributed by atoms with E-state index in [1.54, 1.807) is 17.0 Å². The zero-order chi connectivity index (χ0) is 15.6. The lowest BCUT2D eigenvalue weighted by molar-refractivity contribution is 0.430. The third-order valence-electron chi connectivity index (χ3n) is 3.19. The summed E-state index contributed by atoms with van der Waals surface area (Å²) < 4.78 is 8.37. The van der Waals surface area contributed by atoms with Crippen molar-refractivity contribution in [3.8, 4) is 11.6 Å². The number of hydrogen-bond acceptors (Lipinski definition) is 3. The molecule has 21 heavy (non-hydrogen) atoms. The summed E-state index contributed by atoms with van der Waals surface area (Å²) in [5, 5.41) is 0. The van der Waals surface area contributed by atoms with E-state index >= 15 is 0 Å². The molecule has 1 heterocycles. The first-order valence-corrected chi connectivity index (χ1v) is 7.74. The van der Waals surface area contributed by atoms with Gasteiger partial charge < -0.3 is 9.30 Å². The van der Waals surface area contributed by atoms with E-state index in [0.717, 1.165) is 10.0 Å². The Morgan fingerprint density at radius 2 is 1.95 bits per heavy atom. The molecule has 4 nitrogen and oxygen atoms in total. The molecule has 0 aliphatic heterocycles. The van der Waals surface area contributed by atoms with Crippen LogP contribution in [0.5, 0.6) is 11.6 Å². The fourth-order valence-corrected chi connectivity index (χ4v) is 2.43. The number of rotatable bonds is 4. The largest absolute Gasteiger partial charge is 0.434 e. The number of ether oxygens (including phenoxy) is 1. The second kappa shape index (κ2) is 6.43. The fraction of sp³-hybridized carbons (Fsp3) is 0.375. The molecule has 0 bridgehead atoms.